The lowest BCUT2D eigenvalue weighted by atomic mass is 10.1. The van der Waals surface area contributed by atoms with Crippen molar-refractivity contribution >= 4 is 22.6 Å². The zero-order valence-corrected chi connectivity index (χ0v) is 18.0. The average molecular weight is 407 g/mol. The van der Waals surface area contributed by atoms with Gasteiger partial charge in [-0.05, 0) is 61.7 Å². The molecule has 0 aliphatic carbocycles. The minimum atomic E-state index is -0.0272. The highest BCUT2D eigenvalue weighted by molar-refractivity contribution is 5.79. The number of amides is 1. The number of imidazole rings is 1. The maximum absolute atomic E-state index is 12.5. The first-order valence-corrected chi connectivity index (χ1v) is 10.7. The number of anilines is 1. The van der Waals surface area contributed by atoms with Gasteiger partial charge in [0.05, 0.1) is 36.6 Å². The Morgan fingerprint density at radius 3 is 2.57 bits per heavy atom. The molecule has 3 aromatic rings. The molecule has 2 aromatic carbocycles. The zero-order valence-electron chi connectivity index (χ0n) is 18.0. The molecule has 1 aliphatic rings. The molecule has 1 unspecified atom stereocenters. The standard InChI is InChI=1S/C24H30N4O2/c1-17-14-22-23(15-18(17)2)28(16-25-22)9-8-24(29)26-19(3)20-4-6-21(7-5-20)27-10-12-30-13-11-27/h4-7,14-16,19H,8-13H2,1-3H3,(H,26,29). The van der Waals surface area contributed by atoms with Crippen LogP contribution in [-0.2, 0) is 16.1 Å². The molecule has 1 amide bonds. The summed E-state index contributed by atoms with van der Waals surface area (Å²) in [5.41, 5.74) is 6.85. The molecule has 4 rings (SSSR count). The van der Waals surface area contributed by atoms with Gasteiger partial charge in [-0.1, -0.05) is 12.1 Å². The van der Waals surface area contributed by atoms with Crippen LogP contribution >= 0.6 is 0 Å². The van der Waals surface area contributed by atoms with Crippen molar-refractivity contribution < 1.29 is 9.53 Å². The predicted octanol–water partition coefficient (Wildman–Crippen LogP) is 3.76. The van der Waals surface area contributed by atoms with Crippen LogP contribution in [0.3, 0.4) is 0 Å². The maximum atomic E-state index is 12.5. The third-order valence-electron chi connectivity index (χ3n) is 5.96. The number of benzene rings is 2. The van der Waals surface area contributed by atoms with Gasteiger partial charge in [0.15, 0.2) is 0 Å². The SMILES string of the molecule is Cc1cc2ncn(CCC(=O)NC(C)c3ccc(N4CCOCC4)cc3)c2cc1C. The van der Waals surface area contributed by atoms with Gasteiger partial charge in [-0.2, -0.15) is 0 Å². The van der Waals surface area contributed by atoms with E-state index in [1.54, 1.807) is 0 Å². The van der Waals surface area contributed by atoms with Gasteiger partial charge >= 0.3 is 0 Å². The van der Waals surface area contributed by atoms with E-state index in [4.69, 9.17) is 4.74 Å². The molecule has 1 aliphatic heterocycles. The first-order chi connectivity index (χ1) is 14.5. The molecule has 1 saturated heterocycles. The molecular weight excluding hydrogens is 376 g/mol. The van der Waals surface area contributed by atoms with E-state index in [0.29, 0.717) is 13.0 Å². The fraction of sp³-hybridized carbons (Fsp3) is 0.417. The monoisotopic (exact) mass is 406 g/mol. The number of carbonyl (C=O) groups is 1. The fourth-order valence-electron chi connectivity index (χ4n) is 3.91. The Balaban J connectivity index is 1.33. The largest absolute Gasteiger partial charge is 0.378 e. The number of morpholine rings is 1. The number of aryl methyl sites for hydroxylation is 3. The van der Waals surface area contributed by atoms with Crippen molar-refractivity contribution in [1.82, 2.24) is 14.9 Å². The second-order valence-electron chi connectivity index (χ2n) is 8.09. The number of aromatic nitrogens is 2. The molecule has 6 heteroatoms. The lowest BCUT2D eigenvalue weighted by Gasteiger charge is -2.29. The highest BCUT2D eigenvalue weighted by Crippen LogP contribution is 2.21. The van der Waals surface area contributed by atoms with Gasteiger partial charge in [0.2, 0.25) is 5.91 Å². The van der Waals surface area contributed by atoms with E-state index >= 15 is 0 Å². The van der Waals surface area contributed by atoms with Crippen LogP contribution in [0.15, 0.2) is 42.7 Å². The number of hydrogen-bond acceptors (Lipinski definition) is 4. The van der Waals surface area contributed by atoms with Gasteiger partial charge in [0.25, 0.3) is 0 Å². The topological polar surface area (TPSA) is 59.4 Å². The summed E-state index contributed by atoms with van der Waals surface area (Å²) >= 11 is 0. The van der Waals surface area contributed by atoms with Crippen molar-refractivity contribution in [3.8, 4) is 0 Å². The molecule has 30 heavy (non-hydrogen) atoms. The lowest BCUT2D eigenvalue weighted by molar-refractivity contribution is -0.121. The Morgan fingerprint density at radius 1 is 1.13 bits per heavy atom. The van der Waals surface area contributed by atoms with E-state index in [2.05, 4.69) is 70.0 Å². The quantitative estimate of drug-likeness (QED) is 0.677. The van der Waals surface area contributed by atoms with Crippen molar-refractivity contribution in [1.29, 1.82) is 0 Å². The van der Waals surface area contributed by atoms with Gasteiger partial charge in [0.1, 0.15) is 0 Å². The summed E-state index contributed by atoms with van der Waals surface area (Å²) in [6.07, 6.45) is 2.25. The smallest absolute Gasteiger partial charge is 0.222 e. The van der Waals surface area contributed by atoms with Gasteiger partial charge in [-0.25, -0.2) is 4.98 Å². The molecule has 2 heterocycles. The molecule has 0 saturated carbocycles. The maximum Gasteiger partial charge on any atom is 0.222 e. The number of carbonyl (C=O) groups excluding carboxylic acids is 1. The molecule has 0 bridgehead atoms. The summed E-state index contributed by atoms with van der Waals surface area (Å²) in [6, 6.07) is 12.7. The molecule has 158 valence electrons. The molecule has 0 radical (unpaired) electrons. The van der Waals surface area contributed by atoms with Crippen molar-refractivity contribution in [2.45, 2.75) is 39.8 Å². The van der Waals surface area contributed by atoms with E-state index in [1.165, 1.54) is 16.8 Å². The van der Waals surface area contributed by atoms with E-state index in [-0.39, 0.29) is 11.9 Å². The normalized spacial score (nSPS) is 15.4. The second-order valence-corrected chi connectivity index (χ2v) is 8.09. The van der Waals surface area contributed by atoms with Crippen molar-refractivity contribution in [2.75, 3.05) is 31.2 Å². The van der Waals surface area contributed by atoms with Crippen LogP contribution in [0.4, 0.5) is 5.69 Å². The first kappa shape index (κ1) is 20.4. The Kier molecular flexibility index (Phi) is 6.04. The van der Waals surface area contributed by atoms with Crippen LogP contribution in [0.2, 0.25) is 0 Å². The van der Waals surface area contributed by atoms with Gasteiger partial charge in [-0.3, -0.25) is 4.79 Å². The van der Waals surface area contributed by atoms with Crippen LogP contribution in [0.1, 0.15) is 36.1 Å². The van der Waals surface area contributed by atoms with Crippen LogP contribution in [0.5, 0.6) is 0 Å². The number of fused-ring (bicyclic) bond motifs is 1. The molecule has 1 atom stereocenters. The number of rotatable bonds is 6. The van der Waals surface area contributed by atoms with E-state index in [9.17, 15) is 4.79 Å². The Morgan fingerprint density at radius 2 is 1.83 bits per heavy atom. The van der Waals surface area contributed by atoms with Crippen LogP contribution in [-0.4, -0.2) is 41.8 Å². The van der Waals surface area contributed by atoms with E-state index in [0.717, 1.165) is 42.9 Å². The molecular formula is C24H30N4O2. The number of nitrogens with one attached hydrogen (secondary N) is 1. The van der Waals surface area contributed by atoms with Crippen molar-refractivity contribution in [2.24, 2.45) is 0 Å². The first-order valence-electron chi connectivity index (χ1n) is 10.7. The Hall–Kier alpha value is -2.86. The van der Waals surface area contributed by atoms with Crippen molar-refractivity contribution in [3.63, 3.8) is 0 Å². The molecule has 0 spiro atoms. The predicted molar refractivity (Wildman–Crippen MR) is 120 cm³/mol. The minimum absolute atomic E-state index is 0.0272. The number of nitrogens with zero attached hydrogens (tertiary/aromatic N) is 3. The molecule has 6 nitrogen and oxygen atoms in total. The van der Waals surface area contributed by atoms with Crippen molar-refractivity contribution in [3.05, 3.63) is 59.4 Å². The fourth-order valence-corrected chi connectivity index (χ4v) is 3.91. The van der Waals surface area contributed by atoms with Gasteiger partial charge in [-0.15, -0.1) is 0 Å². The summed E-state index contributed by atoms with van der Waals surface area (Å²) in [7, 11) is 0. The summed E-state index contributed by atoms with van der Waals surface area (Å²) in [5.74, 6) is 0.0467. The third-order valence-corrected chi connectivity index (χ3v) is 5.96. The molecule has 1 aromatic heterocycles. The lowest BCUT2D eigenvalue weighted by Crippen LogP contribution is -2.36. The Labute approximate surface area is 177 Å². The number of hydrogen-bond donors (Lipinski definition) is 1. The summed E-state index contributed by atoms with van der Waals surface area (Å²) < 4.78 is 7.48. The third kappa shape index (κ3) is 4.49. The zero-order chi connectivity index (χ0) is 21.1. The summed E-state index contributed by atoms with van der Waals surface area (Å²) in [6.45, 7) is 10.2. The second kappa shape index (κ2) is 8.88. The van der Waals surface area contributed by atoms with E-state index in [1.807, 2.05) is 13.3 Å². The van der Waals surface area contributed by atoms with Crippen LogP contribution in [0, 0.1) is 13.8 Å². The van der Waals surface area contributed by atoms with E-state index < -0.39 is 0 Å². The van der Waals surface area contributed by atoms with Crippen LogP contribution < -0.4 is 10.2 Å². The molecule has 1 N–H and O–H groups in total. The molecule has 1 fully saturated rings. The van der Waals surface area contributed by atoms with Gasteiger partial charge < -0.3 is 19.5 Å². The van der Waals surface area contributed by atoms with Gasteiger partial charge in [0, 0.05) is 31.7 Å². The highest BCUT2D eigenvalue weighted by atomic mass is 16.5. The Bertz CT molecular complexity index is 1020. The summed E-state index contributed by atoms with van der Waals surface area (Å²) in [5, 5.41) is 3.12. The minimum Gasteiger partial charge on any atom is -0.378 e. The van der Waals surface area contributed by atoms with Crippen LogP contribution in [0.25, 0.3) is 11.0 Å². The number of ether oxygens (including phenoxy) is 1. The average Bonchev–Trinajstić information content (AvgIpc) is 3.15. The summed E-state index contributed by atoms with van der Waals surface area (Å²) in [4.78, 5) is 19.3. The highest BCUT2D eigenvalue weighted by Gasteiger charge is 2.14.